The first-order chi connectivity index (χ1) is 10.2. The van der Waals surface area contributed by atoms with Gasteiger partial charge in [-0.1, -0.05) is 19.1 Å². The maximum Gasteiger partial charge on any atom is 0.285 e. The topological polar surface area (TPSA) is 55.6 Å². The number of piperidine rings is 1. The van der Waals surface area contributed by atoms with Gasteiger partial charge in [0.2, 0.25) is 0 Å². The summed E-state index contributed by atoms with van der Waals surface area (Å²) in [5.74, 6) is 1.40. The second-order valence-corrected chi connectivity index (χ2v) is 6.84. The van der Waals surface area contributed by atoms with Crippen LogP contribution in [0.3, 0.4) is 0 Å². The number of fused-ring (bicyclic) bond motifs is 2. The maximum atomic E-state index is 11.2. The summed E-state index contributed by atoms with van der Waals surface area (Å²) in [4.78, 5) is 2.66. The van der Waals surface area contributed by atoms with E-state index in [1.807, 2.05) is 12.1 Å². The zero-order valence-corrected chi connectivity index (χ0v) is 13.4. The van der Waals surface area contributed by atoms with Gasteiger partial charge in [0.25, 0.3) is 11.3 Å². The second kappa shape index (κ2) is 6.46. The smallest absolute Gasteiger partial charge is 0.285 e. The Morgan fingerprint density at radius 1 is 1.43 bits per heavy atom. The van der Waals surface area contributed by atoms with E-state index in [9.17, 15) is 4.21 Å². The number of rotatable bonds is 4. The van der Waals surface area contributed by atoms with Crippen LogP contribution in [0, 0.1) is 5.92 Å². The highest BCUT2D eigenvalue weighted by Gasteiger charge is 2.36. The van der Waals surface area contributed by atoms with Crippen molar-refractivity contribution < 1.29 is 8.39 Å². The molecule has 1 aliphatic carbocycles. The fourth-order valence-corrected chi connectivity index (χ4v) is 4.33. The predicted molar refractivity (Wildman–Crippen MR) is 85.2 cm³/mol. The van der Waals surface area contributed by atoms with Gasteiger partial charge in [-0.15, -0.1) is 0 Å². The van der Waals surface area contributed by atoms with Gasteiger partial charge in [-0.3, -0.25) is 4.90 Å². The third-order valence-electron chi connectivity index (χ3n) is 4.84. The molecule has 1 aliphatic heterocycles. The molecule has 1 fully saturated rings. The van der Waals surface area contributed by atoms with E-state index in [2.05, 4.69) is 17.9 Å². The Balaban J connectivity index is 1.87. The minimum Gasteiger partial charge on any atom is -0.389 e. The summed E-state index contributed by atoms with van der Waals surface area (Å²) < 4.78 is 16.5. The van der Waals surface area contributed by atoms with Crippen LogP contribution in [0.2, 0.25) is 0 Å². The molecule has 0 bridgehead atoms. The molecule has 0 aromatic heterocycles. The van der Waals surface area contributed by atoms with Crippen LogP contribution in [0.5, 0.6) is 5.75 Å². The Labute approximate surface area is 129 Å². The molecule has 3 atom stereocenters. The van der Waals surface area contributed by atoms with E-state index in [1.165, 1.54) is 43.5 Å². The monoisotopic (exact) mass is 308 g/mol. The van der Waals surface area contributed by atoms with Gasteiger partial charge < -0.3 is 4.18 Å². The molecule has 0 spiro atoms. The lowest BCUT2D eigenvalue weighted by molar-refractivity contribution is 0.0852. The van der Waals surface area contributed by atoms with E-state index in [-0.39, 0.29) is 0 Å². The summed E-state index contributed by atoms with van der Waals surface area (Å²) >= 11 is -1.74. The van der Waals surface area contributed by atoms with E-state index in [4.69, 9.17) is 9.32 Å². The lowest BCUT2D eigenvalue weighted by atomic mass is 9.75. The van der Waals surface area contributed by atoms with Crippen LogP contribution in [0.15, 0.2) is 18.2 Å². The summed E-state index contributed by atoms with van der Waals surface area (Å²) in [5, 5.41) is 5.29. The van der Waals surface area contributed by atoms with Gasteiger partial charge in [0.15, 0.2) is 0 Å². The van der Waals surface area contributed by atoms with Gasteiger partial charge in [0.1, 0.15) is 5.75 Å². The number of hydrogen-bond acceptors (Lipinski definition) is 3. The van der Waals surface area contributed by atoms with Crippen molar-refractivity contribution in [3.63, 3.8) is 0 Å². The molecular weight excluding hydrogens is 284 g/mol. The molecule has 3 unspecified atom stereocenters. The molecule has 1 aromatic rings. The molecule has 0 saturated carbocycles. The maximum absolute atomic E-state index is 11.2. The third kappa shape index (κ3) is 3.15. The summed E-state index contributed by atoms with van der Waals surface area (Å²) in [6, 6.07) is 6.70. The van der Waals surface area contributed by atoms with Gasteiger partial charge >= 0.3 is 0 Å². The van der Waals surface area contributed by atoms with Crippen molar-refractivity contribution in [2.75, 3.05) is 13.1 Å². The Morgan fingerprint density at radius 3 is 3.05 bits per heavy atom. The molecule has 21 heavy (non-hydrogen) atoms. The highest BCUT2D eigenvalue weighted by Crippen LogP contribution is 2.38. The van der Waals surface area contributed by atoms with Crippen molar-refractivity contribution in [2.45, 2.75) is 45.1 Å². The Kier molecular flexibility index (Phi) is 4.62. The first kappa shape index (κ1) is 15.0. The minimum atomic E-state index is -1.74. The zero-order valence-electron chi connectivity index (χ0n) is 12.6. The van der Waals surface area contributed by atoms with Crippen LogP contribution < -0.4 is 9.32 Å². The number of nitrogens with two attached hydrogens (primary N) is 1. The van der Waals surface area contributed by atoms with Crippen molar-refractivity contribution in [1.29, 1.82) is 0 Å². The lowest BCUT2D eigenvalue weighted by Crippen LogP contribution is -2.49. The summed E-state index contributed by atoms with van der Waals surface area (Å²) in [6.07, 6.45) is 5.88. The average molecular weight is 308 g/mol. The van der Waals surface area contributed by atoms with Gasteiger partial charge in [-0.05, 0) is 68.3 Å². The quantitative estimate of drug-likeness (QED) is 0.927. The van der Waals surface area contributed by atoms with Crippen molar-refractivity contribution in [1.82, 2.24) is 4.90 Å². The summed E-state index contributed by atoms with van der Waals surface area (Å²) in [7, 11) is 0. The molecule has 4 nitrogen and oxygen atoms in total. The van der Waals surface area contributed by atoms with Crippen LogP contribution in [-0.4, -0.2) is 28.2 Å². The molecule has 0 amide bonds. The first-order valence-corrected chi connectivity index (χ1v) is 9.02. The van der Waals surface area contributed by atoms with Gasteiger partial charge in [-0.2, -0.15) is 4.21 Å². The standard InChI is InChI=1S/C16H24N2O2S/c1-2-8-18-9-4-6-13-10-14-12(11-15(13)18)5-3-7-16(14)20-21(17)19/h3,5,7,13,15H,2,4,6,8-11,17H2,1H3. The van der Waals surface area contributed by atoms with Crippen molar-refractivity contribution in [3.8, 4) is 5.75 Å². The molecule has 116 valence electrons. The van der Waals surface area contributed by atoms with Crippen molar-refractivity contribution in [3.05, 3.63) is 29.3 Å². The molecular formula is C16H24N2O2S. The fourth-order valence-electron chi connectivity index (χ4n) is 4.00. The largest absolute Gasteiger partial charge is 0.389 e. The SMILES string of the molecule is CCCN1CCCC2Cc3c(cccc3OS(N)=O)CC21. The minimum absolute atomic E-state index is 0.657. The highest BCUT2D eigenvalue weighted by atomic mass is 32.2. The van der Waals surface area contributed by atoms with E-state index in [1.54, 1.807) is 0 Å². The summed E-state index contributed by atoms with van der Waals surface area (Å²) in [6.45, 7) is 4.68. The Bertz CT molecular complexity index is 533. The van der Waals surface area contributed by atoms with E-state index in [0.717, 1.165) is 12.8 Å². The normalized spacial score (nSPS) is 26.8. The van der Waals surface area contributed by atoms with Crippen LogP contribution in [0.4, 0.5) is 0 Å². The van der Waals surface area contributed by atoms with E-state index in [0.29, 0.717) is 17.7 Å². The number of benzene rings is 1. The molecule has 1 heterocycles. The second-order valence-electron chi connectivity index (χ2n) is 6.15. The molecule has 0 radical (unpaired) electrons. The van der Waals surface area contributed by atoms with Crippen molar-refractivity contribution in [2.24, 2.45) is 11.1 Å². The predicted octanol–water partition coefficient (Wildman–Crippen LogP) is 2.19. The highest BCUT2D eigenvalue weighted by molar-refractivity contribution is 7.78. The first-order valence-electron chi connectivity index (χ1n) is 7.88. The molecule has 3 rings (SSSR count). The van der Waals surface area contributed by atoms with Gasteiger partial charge in [0, 0.05) is 6.04 Å². The number of hydrogen-bond donors (Lipinski definition) is 1. The van der Waals surface area contributed by atoms with Crippen LogP contribution in [-0.2, 0) is 24.1 Å². The van der Waals surface area contributed by atoms with E-state index < -0.39 is 11.3 Å². The molecule has 2 N–H and O–H groups in total. The average Bonchev–Trinajstić information content (AvgIpc) is 2.46. The van der Waals surface area contributed by atoms with Crippen molar-refractivity contribution >= 4 is 11.3 Å². The van der Waals surface area contributed by atoms with E-state index >= 15 is 0 Å². The van der Waals surface area contributed by atoms with Gasteiger partial charge in [-0.25, -0.2) is 5.14 Å². The molecule has 5 heteroatoms. The van der Waals surface area contributed by atoms with Crippen LogP contribution in [0.25, 0.3) is 0 Å². The lowest BCUT2D eigenvalue weighted by Gasteiger charge is -2.44. The fraction of sp³-hybridized carbons (Fsp3) is 0.625. The zero-order chi connectivity index (χ0) is 14.8. The molecule has 2 aliphatic rings. The third-order valence-corrected chi connectivity index (χ3v) is 5.19. The van der Waals surface area contributed by atoms with Crippen LogP contribution >= 0.6 is 0 Å². The Morgan fingerprint density at radius 2 is 2.29 bits per heavy atom. The van der Waals surface area contributed by atoms with Gasteiger partial charge in [0.05, 0.1) is 0 Å². The molecule has 1 saturated heterocycles. The summed E-state index contributed by atoms with van der Waals surface area (Å²) in [5.41, 5.74) is 2.55. The molecule has 1 aromatic carbocycles. The number of nitrogens with zero attached hydrogens (tertiary/aromatic N) is 1. The van der Waals surface area contributed by atoms with Crippen LogP contribution in [0.1, 0.15) is 37.3 Å². The Hall–Kier alpha value is -0.910. The number of likely N-dealkylation sites (tertiary alicyclic amines) is 1.